The topological polar surface area (TPSA) is 45.5 Å². The van der Waals surface area contributed by atoms with E-state index in [1.165, 1.54) is 0 Å². The van der Waals surface area contributed by atoms with Crippen molar-refractivity contribution in [3.63, 3.8) is 0 Å². The van der Waals surface area contributed by atoms with Gasteiger partial charge in [-0.25, -0.2) is 0 Å². The van der Waals surface area contributed by atoms with Crippen LogP contribution in [0.25, 0.3) is 10.9 Å². The van der Waals surface area contributed by atoms with E-state index in [2.05, 4.69) is 13.0 Å². The summed E-state index contributed by atoms with van der Waals surface area (Å²) in [5.41, 5.74) is 0.764. The second kappa shape index (κ2) is 6.21. The number of benzene rings is 1. The lowest BCUT2D eigenvalue weighted by molar-refractivity contribution is -0.136. The molecule has 2 amide bonds. The lowest BCUT2D eigenvalue weighted by Crippen LogP contribution is -2.39. The number of fused-ring (bicyclic) bond motifs is 1. The van der Waals surface area contributed by atoms with Gasteiger partial charge >= 0.3 is 0 Å². The van der Waals surface area contributed by atoms with Gasteiger partial charge in [0.25, 0.3) is 0 Å². The van der Waals surface area contributed by atoms with Gasteiger partial charge in [0, 0.05) is 37.9 Å². The van der Waals surface area contributed by atoms with Crippen LogP contribution in [0, 0.1) is 5.41 Å². The number of rotatable bonds is 4. The van der Waals surface area contributed by atoms with Crippen molar-refractivity contribution in [3.8, 4) is 0 Å². The van der Waals surface area contributed by atoms with Crippen molar-refractivity contribution in [2.45, 2.75) is 32.7 Å². The van der Waals surface area contributed by atoms with Crippen LogP contribution >= 0.6 is 0 Å². The maximum absolute atomic E-state index is 12.8. The molecule has 25 heavy (non-hydrogen) atoms. The van der Waals surface area contributed by atoms with Crippen LogP contribution in [0.4, 0.5) is 0 Å². The Balaban J connectivity index is 1.45. The Hall–Kier alpha value is -2.30. The van der Waals surface area contributed by atoms with Crippen LogP contribution in [0.5, 0.6) is 0 Å². The molecule has 4 rings (SSSR count). The fraction of sp³-hybridized carbons (Fsp3) is 0.500. The van der Waals surface area contributed by atoms with Gasteiger partial charge in [-0.15, -0.1) is 0 Å². The normalized spacial score (nSPS) is 23.3. The number of hydrogen-bond acceptors (Lipinski definition) is 2. The van der Waals surface area contributed by atoms with Crippen molar-refractivity contribution in [2.75, 3.05) is 26.2 Å². The molecule has 5 heteroatoms. The minimum absolute atomic E-state index is 0.111. The third-order valence-electron chi connectivity index (χ3n) is 5.79. The summed E-state index contributed by atoms with van der Waals surface area (Å²) in [6.07, 6.45) is 4.66. The predicted octanol–water partition coefficient (Wildman–Crippen LogP) is 2.50. The van der Waals surface area contributed by atoms with Crippen molar-refractivity contribution >= 4 is 22.7 Å². The Morgan fingerprint density at radius 1 is 1.16 bits per heavy atom. The van der Waals surface area contributed by atoms with Crippen molar-refractivity contribution < 1.29 is 9.59 Å². The molecule has 0 bridgehead atoms. The molecule has 0 aliphatic carbocycles. The third kappa shape index (κ3) is 2.71. The minimum Gasteiger partial charge on any atom is -0.342 e. The molecule has 0 saturated carbocycles. The van der Waals surface area contributed by atoms with Gasteiger partial charge in [-0.1, -0.05) is 25.1 Å². The first kappa shape index (κ1) is 16.2. The van der Waals surface area contributed by atoms with Gasteiger partial charge in [-0.2, -0.15) is 0 Å². The van der Waals surface area contributed by atoms with Crippen molar-refractivity contribution in [1.29, 1.82) is 0 Å². The average molecular weight is 339 g/mol. The highest BCUT2D eigenvalue weighted by molar-refractivity contribution is 5.88. The number of carbonyl (C=O) groups excluding carboxylic acids is 2. The van der Waals surface area contributed by atoms with E-state index in [1.807, 2.05) is 44.8 Å². The molecule has 1 unspecified atom stereocenters. The van der Waals surface area contributed by atoms with Crippen molar-refractivity contribution in [2.24, 2.45) is 5.41 Å². The van der Waals surface area contributed by atoms with E-state index in [0.717, 1.165) is 43.3 Å². The van der Waals surface area contributed by atoms with Crippen LogP contribution in [-0.2, 0) is 16.1 Å². The SMILES string of the molecule is CCCN1CCC2(CCN(C(=O)Cn3ccc4ccccc43)C2)C1=O. The zero-order chi connectivity index (χ0) is 17.4. The highest BCUT2D eigenvalue weighted by Gasteiger charge is 2.51. The second-order valence-corrected chi connectivity index (χ2v) is 7.39. The molecule has 132 valence electrons. The molecule has 2 aliphatic heterocycles. The van der Waals surface area contributed by atoms with Gasteiger partial charge < -0.3 is 14.4 Å². The molecule has 5 nitrogen and oxygen atoms in total. The van der Waals surface area contributed by atoms with Crippen LogP contribution in [0.15, 0.2) is 36.5 Å². The van der Waals surface area contributed by atoms with Crippen LogP contribution in [-0.4, -0.2) is 52.4 Å². The largest absolute Gasteiger partial charge is 0.342 e. The van der Waals surface area contributed by atoms with Crippen molar-refractivity contribution in [3.05, 3.63) is 36.5 Å². The molecule has 1 atom stereocenters. The van der Waals surface area contributed by atoms with Crippen molar-refractivity contribution in [1.82, 2.24) is 14.4 Å². The molecule has 1 spiro atoms. The quantitative estimate of drug-likeness (QED) is 0.859. The Kier molecular flexibility index (Phi) is 4.02. The monoisotopic (exact) mass is 339 g/mol. The molecular formula is C20H25N3O2. The number of para-hydroxylation sites is 1. The molecular weight excluding hydrogens is 314 g/mol. The van der Waals surface area contributed by atoms with Crippen LogP contribution in [0.1, 0.15) is 26.2 Å². The second-order valence-electron chi connectivity index (χ2n) is 7.39. The summed E-state index contributed by atoms with van der Waals surface area (Å²) in [5.74, 6) is 0.371. The maximum atomic E-state index is 12.8. The van der Waals surface area contributed by atoms with E-state index >= 15 is 0 Å². The van der Waals surface area contributed by atoms with Gasteiger partial charge in [-0.05, 0) is 36.8 Å². The summed E-state index contributed by atoms with van der Waals surface area (Å²) in [7, 11) is 0. The Morgan fingerprint density at radius 3 is 2.80 bits per heavy atom. The van der Waals surface area contributed by atoms with Crippen LogP contribution < -0.4 is 0 Å². The minimum atomic E-state index is -0.316. The Bertz CT molecular complexity index is 812. The first-order valence-electron chi connectivity index (χ1n) is 9.24. The average Bonchev–Trinajstić information content (AvgIpc) is 3.31. The lowest BCUT2D eigenvalue weighted by atomic mass is 9.85. The molecule has 1 aromatic heterocycles. The number of amides is 2. The van der Waals surface area contributed by atoms with Crippen LogP contribution in [0.2, 0.25) is 0 Å². The number of likely N-dealkylation sites (tertiary alicyclic amines) is 2. The highest BCUT2D eigenvalue weighted by atomic mass is 16.2. The first-order chi connectivity index (χ1) is 12.1. The molecule has 0 radical (unpaired) electrons. The van der Waals surface area contributed by atoms with E-state index in [-0.39, 0.29) is 17.2 Å². The standard InChI is InChI=1S/C20H25N3O2/c1-2-10-21-12-8-20(19(21)25)9-13-23(15-20)18(24)14-22-11-7-16-5-3-4-6-17(16)22/h3-7,11H,2,8-10,12-15H2,1H3. The van der Waals surface area contributed by atoms with Gasteiger partial charge in [0.2, 0.25) is 11.8 Å². The summed E-state index contributed by atoms with van der Waals surface area (Å²) in [6, 6.07) is 10.1. The number of nitrogens with zero attached hydrogens (tertiary/aromatic N) is 3. The molecule has 2 aliphatic rings. The Morgan fingerprint density at radius 2 is 1.96 bits per heavy atom. The van der Waals surface area contributed by atoms with Gasteiger partial charge in [0.05, 0.1) is 5.41 Å². The zero-order valence-corrected chi connectivity index (χ0v) is 14.8. The van der Waals surface area contributed by atoms with Gasteiger partial charge in [0.15, 0.2) is 0 Å². The summed E-state index contributed by atoms with van der Waals surface area (Å²) in [5, 5.41) is 1.15. The predicted molar refractivity (Wildman–Crippen MR) is 97.1 cm³/mol. The van der Waals surface area contributed by atoms with E-state index in [4.69, 9.17) is 0 Å². The number of hydrogen-bond donors (Lipinski definition) is 0. The van der Waals surface area contributed by atoms with E-state index < -0.39 is 0 Å². The lowest BCUT2D eigenvalue weighted by Gasteiger charge is -2.23. The molecule has 3 heterocycles. The van der Waals surface area contributed by atoms with E-state index in [0.29, 0.717) is 19.6 Å². The van der Waals surface area contributed by atoms with E-state index in [9.17, 15) is 9.59 Å². The third-order valence-corrected chi connectivity index (χ3v) is 5.79. The summed E-state index contributed by atoms with van der Waals surface area (Å²) < 4.78 is 2.00. The molecule has 2 fully saturated rings. The Labute approximate surface area is 148 Å². The van der Waals surface area contributed by atoms with Crippen LogP contribution in [0.3, 0.4) is 0 Å². The molecule has 0 N–H and O–H groups in total. The fourth-order valence-electron chi connectivity index (χ4n) is 4.36. The molecule has 2 aromatic rings. The fourth-order valence-corrected chi connectivity index (χ4v) is 4.36. The van der Waals surface area contributed by atoms with Gasteiger partial charge in [0.1, 0.15) is 6.54 Å². The molecule has 1 aromatic carbocycles. The first-order valence-corrected chi connectivity index (χ1v) is 9.24. The zero-order valence-electron chi connectivity index (χ0n) is 14.8. The summed E-state index contributed by atoms with van der Waals surface area (Å²) >= 11 is 0. The highest BCUT2D eigenvalue weighted by Crippen LogP contribution is 2.40. The number of aromatic nitrogens is 1. The maximum Gasteiger partial charge on any atom is 0.242 e. The van der Waals surface area contributed by atoms with Gasteiger partial charge in [-0.3, -0.25) is 9.59 Å². The molecule has 2 saturated heterocycles. The summed E-state index contributed by atoms with van der Waals surface area (Å²) in [6.45, 7) is 5.41. The smallest absolute Gasteiger partial charge is 0.242 e. The van der Waals surface area contributed by atoms with E-state index in [1.54, 1.807) is 0 Å². The number of carbonyl (C=O) groups is 2. The summed E-state index contributed by atoms with van der Waals surface area (Å²) in [4.78, 5) is 29.4.